The SMILES string of the molecule is O=C(NCCCOc1ccc2[nH]c(=O)ccc2c1)Oc1ccccc1. The van der Waals surface area contributed by atoms with E-state index in [0.29, 0.717) is 31.1 Å². The number of aromatic amines is 1. The first kappa shape index (κ1) is 16.6. The van der Waals surface area contributed by atoms with Crippen LogP contribution >= 0.6 is 0 Å². The zero-order chi connectivity index (χ0) is 17.5. The molecule has 1 heterocycles. The van der Waals surface area contributed by atoms with E-state index in [-0.39, 0.29) is 5.56 Å². The Morgan fingerprint density at radius 1 is 1.00 bits per heavy atom. The molecule has 0 fully saturated rings. The Morgan fingerprint density at radius 3 is 2.68 bits per heavy atom. The van der Waals surface area contributed by atoms with Gasteiger partial charge in [0.1, 0.15) is 11.5 Å². The minimum absolute atomic E-state index is 0.130. The van der Waals surface area contributed by atoms with Gasteiger partial charge in [0.2, 0.25) is 5.56 Å². The molecule has 0 atom stereocenters. The highest BCUT2D eigenvalue weighted by Gasteiger charge is 2.03. The molecule has 3 aromatic rings. The molecular weight excluding hydrogens is 320 g/mol. The van der Waals surface area contributed by atoms with Crippen LogP contribution in [0.2, 0.25) is 0 Å². The zero-order valence-electron chi connectivity index (χ0n) is 13.5. The lowest BCUT2D eigenvalue weighted by Gasteiger charge is -2.08. The Hall–Kier alpha value is -3.28. The van der Waals surface area contributed by atoms with E-state index >= 15 is 0 Å². The van der Waals surface area contributed by atoms with Crippen LogP contribution in [0.15, 0.2) is 65.5 Å². The summed E-state index contributed by atoms with van der Waals surface area (Å²) < 4.78 is 10.8. The second-order valence-electron chi connectivity index (χ2n) is 5.40. The van der Waals surface area contributed by atoms with Crippen LogP contribution in [0, 0.1) is 0 Å². The third-order valence-corrected chi connectivity index (χ3v) is 3.51. The first-order valence-electron chi connectivity index (χ1n) is 7.97. The molecule has 1 amide bonds. The molecule has 6 heteroatoms. The Balaban J connectivity index is 1.40. The average molecular weight is 338 g/mol. The zero-order valence-corrected chi connectivity index (χ0v) is 13.5. The van der Waals surface area contributed by atoms with E-state index in [0.717, 1.165) is 10.9 Å². The van der Waals surface area contributed by atoms with E-state index in [1.54, 1.807) is 36.4 Å². The van der Waals surface area contributed by atoms with Crippen molar-refractivity contribution < 1.29 is 14.3 Å². The van der Waals surface area contributed by atoms with Crippen molar-refractivity contribution >= 4 is 17.0 Å². The number of carbonyl (C=O) groups is 1. The van der Waals surface area contributed by atoms with Crippen LogP contribution < -0.4 is 20.3 Å². The molecule has 0 spiro atoms. The highest BCUT2D eigenvalue weighted by atomic mass is 16.6. The van der Waals surface area contributed by atoms with Crippen LogP contribution in [0.4, 0.5) is 4.79 Å². The summed E-state index contributed by atoms with van der Waals surface area (Å²) in [5, 5.41) is 3.58. The van der Waals surface area contributed by atoms with Gasteiger partial charge in [0.05, 0.1) is 6.61 Å². The molecule has 0 saturated heterocycles. The predicted octanol–water partition coefficient (Wildman–Crippen LogP) is 3.09. The maximum Gasteiger partial charge on any atom is 0.412 e. The van der Waals surface area contributed by atoms with Crippen molar-refractivity contribution in [2.45, 2.75) is 6.42 Å². The van der Waals surface area contributed by atoms with Gasteiger partial charge in [0.25, 0.3) is 0 Å². The summed E-state index contributed by atoms with van der Waals surface area (Å²) >= 11 is 0. The van der Waals surface area contributed by atoms with Gasteiger partial charge in [-0.3, -0.25) is 4.79 Å². The second kappa shape index (κ2) is 8.01. The van der Waals surface area contributed by atoms with Crippen molar-refractivity contribution in [3.63, 3.8) is 0 Å². The molecule has 0 bridgehead atoms. The van der Waals surface area contributed by atoms with Gasteiger partial charge in [-0.1, -0.05) is 18.2 Å². The van der Waals surface area contributed by atoms with Gasteiger partial charge in [-0.25, -0.2) is 4.79 Å². The van der Waals surface area contributed by atoms with Crippen LogP contribution in [0.5, 0.6) is 11.5 Å². The molecule has 2 N–H and O–H groups in total. The highest BCUT2D eigenvalue weighted by molar-refractivity contribution is 5.79. The van der Waals surface area contributed by atoms with Crippen molar-refractivity contribution in [1.29, 1.82) is 0 Å². The molecule has 0 saturated carbocycles. The maximum absolute atomic E-state index is 11.6. The Morgan fingerprint density at radius 2 is 1.84 bits per heavy atom. The molecule has 128 valence electrons. The minimum Gasteiger partial charge on any atom is -0.494 e. The number of ether oxygens (including phenoxy) is 2. The maximum atomic E-state index is 11.6. The number of aromatic nitrogens is 1. The molecule has 0 radical (unpaired) electrons. The average Bonchev–Trinajstić information content (AvgIpc) is 2.62. The van der Waals surface area contributed by atoms with Crippen molar-refractivity contribution in [3.05, 3.63) is 71.0 Å². The quantitative estimate of drug-likeness (QED) is 0.677. The molecule has 0 aliphatic carbocycles. The third-order valence-electron chi connectivity index (χ3n) is 3.51. The van der Waals surface area contributed by atoms with E-state index in [2.05, 4.69) is 10.3 Å². The summed E-state index contributed by atoms with van der Waals surface area (Å²) in [5.41, 5.74) is 0.639. The Labute approximate surface area is 144 Å². The van der Waals surface area contributed by atoms with Gasteiger partial charge in [-0.15, -0.1) is 0 Å². The number of fused-ring (bicyclic) bond motifs is 1. The second-order valence-corrected chi connectivity index (χ2v) is 5.40. The van der Waals surface area contributed by atoms with Crippen molar-refractivity contribution in [1.82, 2.24) is 10.3 Å². The fourth-order valence-electron chi connectivity index (χ4n) is 2.31. The molecule has 3 rings (SSSR count). The molecule has 2 aromatic carbocycles. The summed E-state index contributed by atoms with van der Waals surface area (Å²) in [6, 6.07) is 17.6. The molecule has 0 aliphatic rings. The van der Waals surface area contributed by atoms with E-state index < -0.39 is 6.09 Å². The molecule has 25 heavy (non-hydrogen) atoms. The lowest BCUT2D eigenvalue weighted by molar-refractivity contribution is 0.199. The van der Waals surface area contributed by atoms with Crippen molar-refractivity contribution in [2.24, 2.45) is 0 Å². The number of pyridine rings is 1. The van der Waals surface area contributed by atoms with E-state index in [1.165, 1.54) is 6.07 Å². The van der Waals surface area contributed by atoms with Gasteiger partial charge >= 0.3 is 6.09 Å². The summed E-state index contributed by atoms with van der Waals surface area (Å²) in [4.78, 5) is 25.6. The van der Waals surface area contributed by atoms with Crippen molar-refractivity contribution in [3.8, 4) is 11.5 Å². The number of para-hydroxylation sites is 1. The van der Waals surface area contributed by atoms with E-state index in [1.807, 2.05) is 18.2 Å². The van der Waals surface area contributed by atoms with Gasteiger partial charge in [-0.2, -0.15) is 0 Å². The minimum atomic E-state index is -0.485. The number of carbonyl (C=O) groups excluding carboxylic acids is 1. The number of rotatable bonds is 6. The first-order chi connectivity index (χ1) is 12.2. The standard InChI is InChI=1S/C19H18N2O4/c22-18-10-7-14-13-16(8-9-17(14)21-18)24-12-4-11-20-19(23)25-15-5-2-1-3-6-15/h1-3,5-10,13H,4,11-12H2,(H,20,23)(H,21,22). The fraction of sp³-hybridized carbons (Fsp3) is 0.158. The number of hydrogen-bond acceptors (Lipinski definition) is 4. The molecule has 6 nitrogen and oxygen atoms in total. The normalized spacial score (nSPS) is 10.4. The van der Waals surface area contributed by atoms with Crippen LogP contribution in [-0.2, 0) is 0 Å². The molecular formula is C19H18N2O4. The smallest absolute Gasteiger partial charge is 0.412 e. The van der Waals surface area contributed by atoms with Crippen LogP contribution in [-0.4, -0.2) is 24.2 Å². The number of benzene rings is 2. The molecule has 0 aliphatic heterocycles. The van der Waals surface area contributed by atoms with Gasteiger partial charge in [0, 0.05) is 23.5 Å². The summed E-state index contributed by atoms with van der Waals surface area (Å²) in [6.45, 7) is 0.910. The van der Waals surface area contributed by atoms with E-state index in [4.69, 9.17) is 9.47 Å². The lowest BCUT2D eigenvalue weighted by Crippen LogP contribution is -2.28. The number of H-pyrrole nitrogens is 1. The number of hydrogen-bond donors (Lipinski definition) is 2. The van der Waals surface area contributed by atoms with Crippen molar-refractivity contribution in [2.75, 3.05) is 13.2 Å². The lowest BCUT2D eigenvalue weighted by atomic mass is 10.2. The fourth-order valence-corrected chi connectivity index (χ4v) is 2.31. The highest BCUT2D eigenvalue weighted by Crippen LogP contribution is 2.18. The van der Waals surface area contributed by atoms with Gasteiger partial charge in [-0.05, 0) is 42.8 Å². The Kier molecular flexibility index (Phi) is 5.31. The molecule has 0 unspecified atom stereocenters. The summed E-state index contributed by atoms with van der Waals surface area (Å²) in [5.74, 6) is 1.22. The summed E-state index contributed by atoms with van der Waals surface area (Å²) in [7, 11) is 0. The third kappa shape index (κ3) is 4.84. The monoisotopic (exact) mass is 338 g/mol. The predicted molar refractivity (Wildman–Crippen MR) is 95.1 cm³/mol. The largest absolute Gasteiger partial charge is 0.494 e. The van der Waals surface area contributed by atoms with Crippen LogP contribution in [0.3, 0.4) is 0 Å². The van der Waals surface area contributed by atoms with Gasteiger partial charge in [0.15, 0.2) is 0 Å². The first-order valence-corrected chi connectivity index (χ1v) is 7.97. The number of amides is 1. The summed E-state index contributed by atoms with van der Waals surface area (Å²) in [6.07, 6.45) is 0.161. The number of nitrogens with one attached hydrogen (secondary N) is 2. The Bertz CT molecular complexity index is 906. The van der Waals surface area contributed by atoms with Gasteiger partial charge < -0.3 is 19.8 Å². The van der Waals surface area contributed by atoms with Crippen LogP contribution in [0.1, 0.15) is 6.42 Å². The topological polar surface area (TPSA) is 80.4 Å². The van der Waals surface area contributed by atoms with Crippen LogP contribution in [0.25, 0.3) is 10.9 Å². The molecule has 1 aromatic heterocycles. The van der Waals surface area contributed by atoms with E-state index in [9.17, 15) is 9.59 Å².